The van der Waals surface area contributed by atoms with Crippen LogP contribution in [0.25, 0.3) is 0 Å². The highest BCUT2D eigenvalue weighted by Gasteiger charge is 2.14. The smallest absolute Gasteiger partial charge is 0.123 e. The summed E-state index contributed by atoms with van der Waals surface area (Å²) in [5.41, 5.74) is 0.767. The van der Waals surface area contributed by atoms with E-state index in [4.69, 9.17) is 0 Å². The van der Waals surface area contributed by atoms with E-state index in [1.54, 1.807) is 12.1 Å². The second-order valence-corrected chi connectivity index (χ2v) is 6.01. The molecule has 0 saturated carbocycles. The molecule has 1 heterocycles. The van der Waals surface area contributed by atoms with Crippen molar-refractivity contribution >= 4 is 11.8 Å². The molecule has 2 rings (SSSR count). The number of hydrogen-bond acceptors (Lipinski definition) is 3. The van der Waals surface area contributed by atoms with Crippen LogP contribution in [0.5, 0.6) is 0 Å². The third-order valence-corrected chi connectivity index (χ3v) is 4.42. The van der Waals surface area contributed by atoms with Gasteiger partial charge in [0.2, 0.25) is 0 Å². The van der Waals surface area contributed by atoms with Crippen LogP contribution in [0.3, 0.4) is 0 Å². The second-order valence-electron chi connectivity index (χ2n) is 4.78. The van der Waals surface area contributed by atoms with Gasteiger partial charge < -0.3 is 10.4 Å². The lowest BCUT2D eigenvalue weighted by Crippen LogP contribution is -2.29. The quantitative estimate of drug-likeness (QED) is 0.862. The number of aliphatic hydroxyl groups is 1. The van der Waals surface area contributed by atoms with Crippen molar-refractivity contribution in [3.8, 4) is 0 Å². The van der Waals surface area contributed by atoms with Gasteiger partial charge in [0.05, 0.1) is 6.10 Å². The summed E-state index contributed by atoms with van der Waals surface area (Å²) in [6.45, 7) is 1.51. The van der Waals surface area contributed by atoms with Crippen molar-refractivity contribution in [2.75, 3.05) is 24.6 Å². The molecule has 1 fully saturated rings. The van der Waals surface area contributed by atoms with Crippen LogP contribution < -0.4 is 5.32 Å². The van der Waals surface area contributed by atoms with Crippen LogP contribution in [0.1, 0.15) is 24.5 Å². The van der Waals surface area contributed by atoms with Gasteiger partial charge in [-0.15, -0.1) is 0 Å². The summed E-state index contributed by atoms with van der Waals surface area (Å²) in [5.74, 6) is 2.99. The second kappa shape index (κ2) is 7.12. The monoisotopic (exact) mass is 269 g/mol. The topological polar surface area (TPSA) is 32.3 Å². The average molecular weight is 269 g/mol. The van der Waals surface area contributed by atoms with Gasteiger partial charge in [0.25, 0.3) is 0 Å². The van der Waals surface area contributed by atoms with Crippen molar-refractivity contribution in [3.63, 3.8) is 0 Å². The Bertz CT molecular complexity index is 351. The number of rotatable bonds is 5. The molecule has 4 heteroatoms. The number of halogens is 1. The lowest BCUT2D eigenvalue weighted by atomic mass is 10.0. The van der Waals surface area contributed by atoms with E-state index in [1.807, 2.05) is 11.8 Å². The standard InChI is InChI=1S/C14H20FNOS/c15-13-3-1-12(2-4-13)14(17)10-16-9-11-5-7-18-8-6-11/h1-4,11,14,16-17H,5-10H2. The first-order valence-electron chi connectivity index (χ1n) is 6.47. The van der Waals surface area contributed by atoms with E-state index in [2.05, 4.69) is 5.32 Å². The molecule has 2 N–H and O–H groups in total. The van der Waals surface area contributed by atoms with E-state index in [9.17, 15) is 9.50 Å². The van der Waals surface area contributed by atoms with Crippen LogP contribution in [0.4, 0.5) is 4.39 Å². The molecular formula is C14H20FNOS. The Morgan fingerprint density at radius 2 is 1.94 bits per heavy atom. The van der Waals surface area contributed by atoms with Gasteiger partial charge in [0, 0.05) is 6.54 Å². The molecule has 1 atom stereocenters. The molecule has 0 spiro atoms. The highest BCUT2D eigenvalue weighted by molar-refractivity contribution is 7.99. The third kappa shape index (κ3) is 4.26. The first kappa shape index (κ1) is 13.8. The maximum absolute atomic E-state index is 12.7. The Hall–Kier alpha value is -0.580. The zero-order valence-electron chi connectivity index (χ0n) is 10.4. The van der Waals surface area contributed by atoms with Gasteiger partial charge in [-0.3, -0.25) is 0 Å². The molecule has 0 radical (unpaired) electrons. The first-order chi connectivity index (χ1) is 8.75. The minimum absolute atomic E-state index is 0.265. The predicted octanol–water partition coefficient (Wildman–Crippen LogP) is 2.59. The Labute approximate surface area is 112 Å². The van der Waals surface area contributed by atoms with Crippen molar-refractivity contribution in [2.24, 2.45) is 5.92 Å². The van der Waals surface area contributed by atoms with Gasteiger partial charge in [-0.05, 0) is 54.5 Å². The van der Waals surface area contributed by atoms with Crippen LogP contribution in [0, 0.1) is 11.7 Å². The highest BCUT2D eigenvalue weighted by Crippen LogP contribution is 2.22. The van der Waals surface area contributed by atoms with Crippen LogP contribution >= 0.6 is 11.8 Å². The molecule has 1 aromatic carbocycles. The molecule has 1 aliphatic rings. The zero-order valence-corrected chi connectivity index (χ0v) is 11.3. The minimum Gasteiger partial charge on any atom is -0.387 e. The highest BCUT2D eigenvalue weighted by atomic mass is 32.2. The molecule has 0 amide bonds. The summed E-state index contributed by atoms with van der Waals surface area (Å²) in [4.78, 5) is 0. The summed E-state index contributed by atoms with van der Waals surface area (Å²) in [5, 5.41) is 13.3. The SMILES string of the molecule is OC(CNCC1CCSCC1)c1ccc(F)cc1. The van der Waals surface area contributed by atoms with Crippen molar-refractivity contribution in [3.05, 3.63) is 35.6 Å². The van der Waals surface area contributed by atoms with Gasteiger partial charge in [0.15, 0.2) is 0 Å². The summed E-state index contributed by atoms with van der Waals surface area (Å²) >= 11 is 2.02. The number of benzene rings is 1. The van der Waals surface area contributed by atoms with E-state index < -0.39 is 6.10 Å². The van der Waals surface area contributed by atoms with Crippen molar-refractivity contribution in [1.29, 1.82) is 0 Å². The lowest BCUT2D eigenvalue weighted by molar-refractivity contribution is 0.172. The Morgan fingerprint density at radius 1 is 1.28 bits per heavy atom. The number of thioether (sulfide) groups is 1. The van der Waals surface area contributed by atoms with E-state index in [0.29, 0.717) is 6.54 Å². The summed E-state index contributed by atoms with van der Waals surface area (Å²) in [6.07, 6.45) is 1.98. The van der Waals surface area contributed by atoms with Crippen molar-refractivity contribution in [1.82, 2.24) is 5.32 Å². The Balaban J connectivity index is 1.70. The molecule has 1 saturated heterocycles. The number of hydrogen-bond donors (Lipinski definition) is 2. The van der Waals surface area contributed by atoms with Gasteiger partial charge in [-0.25, -0.2) is 4.39 Å². The summed E-state index contributed by atoms with van der Waals surface area (Å²) in [6, 6.07) is 6.05. The predicted molar refractivity (Wildman–Crippen MR) is 74.3 cm³/mol. The maximum Gasteiger partial charge on any atom is 0.123 e. The molecule has 0 aromatic heterocycles. The van der Waals surface area contributed by atoms with Crippen LogP contribution in [-0.2, 0) is 0 Å². The van der Waals surface area contributed by atoms with Gasteiger partial charge in [-0.2, -0.15) is 11.8 Å². The van der Waals surface area contributed by atoms with Crippen molar-refractivity contribution < 1.29 is 9.50 Å². The fraction of sp³-hybridized carbons (Fsp3) is 0.571. The molecule has 1 unspecified atom stereocenters. The molecule has 0 bridgehead atoms. The fourth-order valence-electron chi connectivity index (χ4n) is 2.18. The minimum atomic E-state index is -0.552. The molecule has 18 heavy (non-hydrogen) atoms. The molecule has 2 nitrogen and oxygen atoms in total. The maximum atomic E-state index is 12.7. The molecule has 1 aliphatic heterocycles. The molecular weight excluding hydrogens is 249 g/mol. The van der Waals surface area contributed by atoms with Crippen LogP contribution in [0.2, 0.25) is 0 Å². The van der Waals surface area contributed by atoms with E-state index in [-0.39, 0.29) is 5.82 Å². The molecule has 1 aromatic rings. The van der Waals surface area contributed by atoms with Crippen LogP contribution in [0.15, 0.2) is 24.3 Å². The van der Waals surface area contributed by atoms with E-state index >= 15 is 0 Å². The normalized spacial score (nSPS) is 18.8. The third-order valence-electron chi connectivity index (χ3n) is 3.37. The van der Waals surface area contributed by atoms with E-state index in [1.165, 1.54) is 36.5 Å². The molecule has 0 aliphatic carbocycles. The largest absolute Gasteiger partial charge is 0.387 e. The summed E-state index contributed by atoms with van der Waals surface area (Å²) in [7, 11) is 0. The van der Waals surface area contributed by atoms with Gasteiger partial charge in [0.1, 0.15) is 5.82 Å². The Morgan fingerprint density at radius 3 is 2.61 bits per heavy atom. The van der Waals surface area contributed by atoms with Gasteiger partial charge in [-0.1, -0.05) is 12.1 Å². The Kier molecular flexibility index (Phi) is 5.47. The van der Waals surface area contributed by atoms with Gasteiger partial charge >= 0.3 is 0 Å². The zero-order chi connectivity index (χ0) is 12.8. The first-order valence-corrected chi connectivity index (χ1v) is 7.63. The fourth-order valence-corrected chi connectivity index (χ4v) is 3.38. The summed E-state index contributed by atoms with van der Waals surface area (Å²) < 4.78 is 12.7. The average Bonchev–Trinajstić information content (AvgIpc) is 2.40. The van der Waals surface area contributed by atoms with Crippen LogP contribution in [-0.4, -0.2) is 29.7 Å². The molecule has 100 valence electrons. The van der Waals surface area contributed by atoms with E-state index in [0.717, 1.165) is 18.0 Å². The number of aliphatic hydroxyl groups excluding tert-OH is 1. The number of nitrogens with one attached hydrogen (secondary N) is 1. The lowest BCUT2D eigenvalue weighted by Gasteiger charge is -2.22. The van der Waals surface area contributed by atoms with Crippen molar-refractivity contribution in [2.45, 2.75) is 18.9 Å².